The van der Waals surface area contributed by atoms with E-state index in [0.29, 0.717) is 22.9 Å². The molecule has 0 bridgehead atoms. The van der Waals surface area contributed by atoms with Crippen molar-refractivity contribution >= 4 is 40.1 Å². The predicted molar refractivity (Wildman–Crippen MR) is 63.9 cm³/mol. The lowest BCUT2D eigenvalue weighted by atomic mass is 10.2. The second-order valence-corrected chi connectivity index (χ2v) is 4.13. The first-order valence-corrected chi connectivity index (χ1v) is 5.43. The summed E-state index contributed by atoms with van der Waals surface area (Å²) in [7, 11) is 0. The first-order chi connectivity index (χ1) is 6.56. The number of carbonyl (C=O) groups is 1. The van der Waals surface area contributed by atoms with Gasteiger partial charge in [-0.1, -0.05) is 11.6 Å². The maximum atomic E-state index is 11.0. The summed E-state index contributed by atoms with van der Waals surface area (Å²) in [6.07, 6.45) is 0. The fourth-order valence-corrected chi connectivity index (χ4v) is 1.60. The SMILES string of the molecule is CCOc1cc(I)c(Cl)cc1C(N)=O. The fourth-order valence-electron chi connectivity index (χ4n) is 0.996. The molecule has 0 fully saturated rings. The van der Waals surface area contributed by atoms with E-state index in [-0.39, 0.29) is 0 Å². The van der Waals surface area contributed by atoms with E-state index in [4.69, 9.17) is 22.1 Å². The molecule has 1 aromatic rings. The molecule has 1 aromatic carbocycles. The molecule has 0 radical (unpaired) electrons. The average Bonchev–Trinajstić information content (AvgIpc) is 2.11. The van der Waals surface area contributed by atoms with Crippen molar-refractivity contribution < 1.29 is 9.53 Å². The number of ether oxygens (including phenoxy) is 1. The Labute approximate surface area is 101 Å². The van der Waals surface area contributed by atoms with Crippen molar-refractivity contribution in [3.05, 3.63) is 26.3 Å². The highest BCUT2D eigenvalue weighted by Crippen LogP contribution is 2.28. The molecule has 1 amide bonds. The number of nitrogens with two attached hydrogens (primary N) is 1. The van der Waals surface area contributed by atoms with Gasteiger partial charge in [0.2, 0.25) is 0 Å². The topological polar surface area (TPSA) is 52.3 Å². The van der Waals surface area contributed by atoms with Crippen LogP contribution in [-0.4, -0.2) is 12.5 Å². The van der Waals surface area contributed by atoms with Gasteiger partial charge in [-0.2, -0.15) is 0 Å². The minimum absolute atomic E-state index is 0.317. The van der Waals surface area contributed by atoms with Crippen LogP contribution in [0.2, 0.25) is 5.02 Å². The third-order valence-corrected chi connectivity index (χ3v) is 3.11. The molecule has 3 nitrogen and oxygen atoms in total. The summed E-state index contributed by atoms with van der Waals surface area (Å²) in [6.45, 7) is 2.32. The van der Waals surface area contributed by atoms with Gasteiger partial charge in [-0.3, -0.25) is 4.79 Å². The fraction of sp³-hybridized carbons (Fsp3) is 0.222. The van der Waals surface area contributed by atoms with E-state index in [0.717, 1.165) is 3.57 Å². The van der Waals surface area contributed by atoms with Crippen molar-refractivity contribution in [3.8, 4) is 5.75 Å². The zero-order valence-corrected chi connectivity index (χ0v) is 10.4. The zero-order valence-electron chi connectivity index (χ0n) is 7.51. The number of benzene rings is 1. The zero-order chi connectivity index (χ0) is 10.7. The van der Waals surface area contributed by atoms with Crippen LogP contribution in [-0.2, 0) is 0 Å². The molecule has 5 heteroatoms. The van der Waals surface area contributed by atoms with Gasteiger partial charge in [0.05, 0.1) is 17.2 Å². The number of hydrogen-bond acceptors (Lipinski definition) is 2. The standard InChI is InChI=1S/C9H9ClINO2/c1-2-14-8-4-7(11)6(10)3-5(8)9(12)13/h3-4H,2H2,1H3,(H2,12,13). The summed E-state index contributed by atoms with van der Waals surface area (Å²) in [4.78, 5) is 11.0. The van der Waals surface area contributed by atoms with Gasteiger partial charge in [0.15, 0.2) is 0 Å². The first-order valence-electron chi connectivity index (χ1n) is 3.98. The van der Waals surface area contributed by atoms with Crippen molar-refractivity contribution in [2.75, 3.05) is 6.61 Å². The summed E-state index contributed by atoms with van der Waals surface area (Å²) < 4.78 is 6.10. The number of amides is 1. The molecular weight excluding hydrogens is 316 g/mol. The largest absolute Gasteiger partial charge is 0.493 e. The van der Waals surface area contributed by atoms with Gasteiger partial charge in [-0.15, -0.1) is 0 Å². The van der Waals surface area contributed by atoms with Crippen LogP contribution >= 0.6 is 34.2 Å². The van der Waals surface area contributed by atoms with Crippen molar-refractivity contribution in [1.82, 2.24) is 0 Å². The maximum Gasteiger partial charge on any atom is 0.252 e. The molecule has 0 aliphatic carbocycles. The Hall–Kier alpha value is -0.490. The lowest BCUT2D eigenvalue weighted by Crippen LogP contribution is -2.13. The Bertz CT molecular complexity index is 368. The lowest BCUT2D eigenvalue weighted by molar-refractivity contribution is 0.0996. The molecule has 0 spiro atoms. The van der Waals surface area contributed by atoms with E-state index in [2.05, 4.69) is 22.6 Å². The Kier molecular flexibility index (Phi) is 4.00. The third kappa shape index (κ3) is 2.51. The predicted octanol–water partition coefficient (Wildman–Crippen LogP) is 2.44. The molecule has 0 saturated carbocycles. The number of primary amides is 1. The highest BCUT2D eigenvalue weighted by atomic mass is 127. The number of carbonyl (C=O) groups excluding carboxylic acids is 1. The normalized spacial score (nSPS) is 9.93. The van der Waals surface area contributed by atoms with E-state index in [9.17, 15) is 4.79 Å². The summed E-state index contributed by atoms with van der Waals surface area (Å²) >= 11 is 7.92. The van der Waals surface area contributed by atoms with Crippen LogP contribution in [0, 0.1) is 3.57 Å². The summed E-state index contributed by atoms with van der Waals surface area (Å²) in [5, 5.41) is 0.503. The van der Waals surface area contributed by atoms with E-state index in [1.807, 2.05) is 6.92 Å². The van der Waals surface area contributed by atoms with Crippen LogP contribution in [0.1, 0.15) is 17.3 Å². The summed E-state index contributed by atoms with van der Waals surface area (Å²) in [6, 6.07) is 3.23. The third-order valence-electron chi connectivity index (χ3n) is 1.59. The highest BCUT2D eigenvalue weighted by Gasteiger charge is 2.12. The molecule has 14 heavy (non-hydrogen) atoms. The lowest BCUT2D eigenvalue weighted by Gasteiger charge is -2.08. The Morgan fingerprint density at radius 3 is 2.79 bits per heavy atom. The van der Waals surface area contributed by atoms with Crippen LogP contribution in [0.5, 0.6) is 5.75 Å². The van der Waals surface area contributed by atoms with Crippen molar-refractivity contribution in [2.24, 2.45) is 5.73 Å². The van der Waals surface area contributed by atoms with Gasteiger partial charge in [0.1, 0.15) is 5.75 Å². The molecule has 2 N–H and O–H groups in total. The molecular formula is C9H9ClINO2. The first kappa shape index (κ1) is 11.6. The summed E-state index contributed by atoms with van der Waals surface area (Å²) in [5.41, 5.74) is 5.50. The van der Waals surface area contributed by atoms with Gasteiger partial charge < -0.3 is 10.5 Å². The van der Waals surface area contributed by atoms with Crippen molar-refractivity contribution in [3.63, 3.8) is 0 Å². The summed E-state index contributed by atoms with van der Waals surface area (Å²) in [5.74, 6) is -0.0550. The van der Waals surface area contributed by atoms with Crippen molar-refractivity contribution in [2.45, 2.75) is 6.92 Å². The molecule has 76 valence electrons. The van der Waals surface area contributed by atoms with Gasteiger partial charge in [0, 0.05) is 3.57 Å². The quantitative estimate of drug-likeness (QED) is 0.868. The second kappa shape index (κ2) is 4.84. The number of hydrogen-bond donors (Lipinski definition) is 1. The Morgan fingerprint density at radius 2 is 2.29 bits per heavy atom. The van der Waals surface area contributed by atoms with Gasteiger partial charge >= 0.3 is 0 Å². The Balaban J connectivity index is 3.24. The van der Waals surface area contributed by atoms with Crippen LogP contribution in [0.3, 0.4) is 0 Å². The molecule has 0 heterocycles. The molecule has 0 aliphatic heterocycles. The minimum atomic E-state index is -0.535. The van der Waals surface area contributed by atoms with E-state index >= 15 is 0 Å². The number of halogens is 2. The van der Waals surface area contributed by atoms with Crippen molar-refractivity contribution in [1.29, 1.82) is 0 Å². The van der Waals surface area contributed by atoms with Crippen LogP contribution in [0.4, 0.5) is 0 Å². The highest BCUT2D eigenvalue weighted by molar-refractivity contribution is 14.1. The van der Waals surface area contributed by atoms with Gasteiger partial charge in [0.25, 0.3) is 5.91 Å². The molecule has 1 rings (SSSR count). The molecule has 0 atom stereocenters. The molecule has 0 aliphatic rings. The van der Waals surface area contributed by atoms with E-state index < -0.39 is 5.91 Å². The minimum Gasteiger partial charge on any atom is -0.493 e. The van der Waals surface area contributed by atoms with Gasteiger partial charge in [-0.05, 0) is 41.6 Å². The molecule has 0 unspecified atom stereocenters. The maximum absolute atomic E-state index is 11.0. The van der Waals surface area contributed by atoms with Crippen LogP contribution < -0.4 is 10.5 Å². The number of rotatable bonds is 3. The molecule has 0 saturated heterocycles. The van der Waals surface area contributed by atoms with Gasteiger partial charge in [-0.25, -0.2) is 0 Å². The monoisotopic (exact) mass is 325 g/mol. The van der Waals surface area contributed by atoms with Crippen LogP contribution in [0.15, 0.2) is 12.1 Å². The smallest absolute Gasteiger partial charge is 0.252 e. The van der Waals surface area contributed by atoms with Crippen LogP contribution in [0.25, 0.3) is 0 Å². The Morgan fingerprint density at radius 1 is 1.64 bits per heavy atom. The second-order valence-electron chi connectivity index (χ2n) is 2.56. The van der Waals surface area contributed by atoms with E-state index in [1.165, 1.54) is 6.07 Å². The van der Waals surface area contributed by atoms with E-state index in [1.54, 1.807) is 6.07 Å². The molecule has 0 aromatic heterocycles. The average molecular weight is 326 g/mol.